The van der Waals surface area contributed by atoms with Crippen molar-refractivity contribution in [3.63, 3.8) is 0 Å². The summed E-state index contributed by atoms with van der Waals surface area (Å²) < 4.78 is 46.3. The molecule has 0 rings (SSSR count). The summed E-state index contributed by atoms with van der Waals surface area (Å²) in [4.78, 5) is 0. The summed E-state index contributed by atoms with van der Waals surface area (Å²) in [7, 11) is -1.25. The first kappa shape index (κ1) is 9.89. The largest absolute Gasteiger partial charge is 0.412 e. The fraction of sp³-hybridized carbons (Fsp3) is 0.600. The van der Waals surface area contributed by atoms with Crippen LogP contribution in [0.4, 0.5) is 17.6 Å². The maximum Gasteiger partial charge on any atom is 0.412 e. The molecule has 0 saturated carbocycles. The van der Waals surface area contributed by atoms with Gasteiger partial charge in [0, 0.05) is 0 Å². The van der Waals surface area contributed by atoms with Crippen molar-refractivity contribution in [2.45, 2.75) is 6.18 Å². The van der Waals surface area contributed by atoms with E-state index in [1.54, 1.807) is 0 Å². The topological polar surface area (TPSA) is 0 Å². The second-order valence-electron chi connectivity index (χ2n) is 1.90. The maximum atomic E-state index is 12.2. The Morgan fingerprint density at radius 1 is 1.30 bits per heavy atom. The Hall–Kier alpha value is -0.110. The summed E-state index contributed by atoms with van der Waals surface area (Å²) in [6, 6.07) is 0. The number of hydrogen-bond acceptors (Lipinski definition) is 0. The molecular weight excluding hydrogens is 167 g/mol. The lowest BCUT2D eigenvalue weighted by molar-refractivity contribution is -0.0808. The number of hydrogen-bond donors (Lipinski definition) is 0. The van der Waals surface area contributed by atoms with E-state index in [0.29, 0.717) is 0 Å². The van der Waals surface area contributed by atoms with E-state index < -0.39 is 19.7 Å². The lowest BCUT2D eigenvalue weighted by Crippen LogP contribution is -2.01. The van der Waals surface area contributed by atoms with Crippen LogP contribution in [-0.4, -0.2) is 19.5 Å². The van der Waals surface area contributed by atoms with Gasteiger partial charge in [0.15, 0.2) is 0 Å². The van der Waals surface area contributed by atoms with Crippen molar-refractivity contribution in [1.29, 1.82) is 0 Å². The van der Waals surface area contributed by atoms with Gasteiger partial charge < -0.3 is 0 Å². The van der Waals surface area contributed by atoms with Crippen LogP contribution in [-0.2, 0) is 0 Å². The molecule has 0 aromatic heterocycles. The van der Waals surface area contributed by atoms with Gasteiger partial charge >= 0.3 is 6.18 Å². The van der Waals surface area contributed by atoms with Gasteiger partial charge in [-0.1, -0.05) is 7.92 Å². The van der Waals surface area contributed by atoms with Crippen LogP contribution in [0.15, 0.2) is 11.6 Å². The van der Waals surface area contributed by atoms with Crippen LogP contribution in [0.3, 0.4) is 0 Å². The predicted octanol–water partition coefficient (Wildman–Crippen LogP) is 3.10. The third-order valence-corrected chi connectivity index (χ3v) is 1.69. The zero-order valence-corrected chi connectivity index (χ0v) is 6.43. The molecule has 0 heterocycles. The van der Waals surface area contributed by atoms with Crippen molar-refractivity contribution < 1.29 is 17.6 Å². The fourth-order valence-electron chi connectivity index (χ4n) is 0.264. The molecule has 0 atom stereocenters. The highest BCUT2D eigenvalue weighted by Gasteiger charge is 2.25. The zero-order chi connectivity index (χ0) is 8.36. The Labute approximate surface area is 57.7 Å². The van der Waals surface area contributed by atoms with Gasteiger partial charge in [-0.25, -0.2) is 4.39 Å². The van der Waals surface area contributed by atoms with Crippen LogP contribution >= 0.6 is 7.92 Å². The van der Waals surface area contributed by atoms with E-state index in [1.165, 1.54) is 13.3 Å². The van der Waals surface area contributed by atoms with E-state index in [0.717, 1.165) is 0 Å². The van der Waals surface area contributed by atoms with E-state index in [9.17, 15) is 17.6 Å². The minimum absolute atomic E-state index is 0.293. The Bertz CT molecular complexity index is 135. The first-order valence-electron chi connectivity index (χ1n) is 2.45. The molecule has 0 aliphatic heterocycles. The average molecular weight is 174 g/mol. The van der Waals surface area contributed by atoms with Gasteiger partial charge in [0.05, 0.1) is 6.08 Å². The highest BCUT2D eigenvalue weighted by atomic mass is 31.1. The first-order valence-corrected chi connectivity index (χ1v) is 4.69. The molecule has 0 aromatic carbocycles. The second kappa shape index (κ2) is 3.33. The Kier molecular flexibility index (Phi) is 3.29. The Balaban J connectivity index is 4.17. The molecule has 0 aromatic rings. The summed E-state index contributed by atoms with van der Waals surface area (Å²) >= 11 is 0. The summed E-state index contributed by atoms with van der Waals surface area (Å²) in [6.07, 6.45) is -4.81. The predicted molar refractivity (Wildman–Crippen MR) is 34.0 cm³/mol. The van der Waals surface area contributed by atoms with Crippen LogP contribution in [0.2, 0.25) is 0 Å². The van der Waals surface area contributed by atoms with Gasteiger partial charge in [-0.2, -0.15) is 13.2 Å². The molecule has 5 heteroatoms. The quantitative estimate of drug-likeness (QED) is 0.423. The van der Waals surface area contributed by atoms with E-state index in [4.69, 9.17) is 0 Å². The lowest BCUT2D eigenvalue weighted by Gasteiger charge is -2.03. The second-order valence-corrected chi connectivity index (χ2v) is 4.12. The number of alkyl halides is 3. The SMILES string of the molecule is CP(C)/C(F)=C/C(F)(F)F. The van der Waals surface area contributed by atoms with Gasteiger partial charge in [0.25, 0.3) is 0 Å². The molecular formula is C5H7F4P. The van der Waals surface area contributed by atoms with Gasteiger partial charge in [-0.3, -0.25) is 0 Å². The van der Waals surface area contributed by atoms with Crippen LogP contribution in [0, 0.1) is 0 Å². The van der Waals surface area contributed by atoms with E-state index >= 15 is 0 Å². The van der Waals surface area contributed by atoms with Gasteiger partial charge in [0.2, 0.25) is 0 Å². The highest BCUT2D eigenvalue weighted by molar-refractivity contribution is 7.60. The van der Waals surface area contributed by atoms with Crippen molar-refractivity contribution >= 4 is 7.92 Å². The minimum atomic E-state index is -4.52. The normalized spacial score (nSPS) is 14.5. The minimum Gasteiger partial charge on any atom is -0.207 e. The number of allylic oxidation sites excluding steroid dienone is 1. The first-order chi connectivity index (χ1) is 4.33. The van der Waals surface area contributed by atoms with E-state index in [2.05, 4.69) is 0 Å². The maximum absolute atomic E-state index is 12.2. The molecule has 0 aliphatic rings. The van der Waals surface area contributed by atoms with Gasteiger partial charge in [-0.05, 0) is 13.3 Å². The number of rotatable bonds is 1. The van der Waals surface area contributed by atoms with Crippen molar-refractivity contribution in [2.24, 2.45) is 0 Å². The van der Waals surface area contributed by atoms with Gasteiger partial charge in [-0.15, -0.1) is 0 Å². The summed E-state index contributed by atoms with van der Waals surface area (Å²) in [6.45, 7) is 2.85. The molecule has 0 spiro atoms. The van der Waals surface area contributed by atoms with Crippen molar-refractivity contribution in [1.82, 2.24) is 0 Å². The van der Waals surface area contributed by atoms with Crippen molar-refractivity contribution in [3.05, 3.63) is 11.6 Å². The fourth-order valence-corrected chi connectivity index (χ4v) is 0.669. The monoisotopic (exact) mass is 174 g/mol. The van der Waals surface area contributed by atoms with Crippen molar-refractivity contribution in [3.8, 4) is 0 Å². The summed E-state index contributed by atoms with van der Waals surface area (Å²) in [5.74, 6) is 0. The third-order valence-electron chi connectivity index (χ3n) is 0.710. The molecule has 0 radical (unpaired) electrons. The van der Waals surface area contributed by atoms with Crippen LogP contribution in [0.5, 0.6) is 0 Å². The van der Waals surface area contributed by atoms with Gasteiger partial charge in [0.1, 0.15) is 5.57 Å². The molecule has 10 heavy (non-hydrogen) atoms. The molecule has 0 saturated heterocycles. The Morgan fingerprint density at radius 3 is 1.80 bits per heavy atom. The molecule has 0 nitrogen and oxygen atoms in total. The zero-order valence-electron chi connectivity index (χ0n) is 5.54. The van der Waals surface area contributed by atoms with Crippen LogP contribution in [0.1, 0.15) is 0 Å². The molecule has 0 bridgehead atoms. The van der Waals surface area contributed by atoms with Crippen LogP contribution < -0.4 is 0 Å². The Morgan fingerprint density at radius 2 is 1.70 bits per heavy atom. The van der Waals surface area contributed by atoms with E-state index in [-0.39, 0.29) is 6.08 Å². The van der Waals surface area contributed by atoms with Crippen molar-refractivity contribution in [2.75, 3.05) is 13.3 Å². The summed E-state index contributed by atoms with van der Waals surface area (Å²) in [5, 5.41) is 0. The molecule has 0 fully saturated rings. The smallest absolute Gasteiger partial charge is 0.207 e. The molecule has 0 unspecified atom stereocenters. The molecule has 0 amide bonds. The molecule has 0 aliphatic carbocycles. The third kappa shape index (κ3) is 4.74. The van der Waals surface area contributed by atoms with E-state index in [1.807, 2.05) is 0 Å². The molecule has 60 valence electrons. The highest BCUT2D eigenvalue weighted by Crippen LogP contribution is 2.39. The lowest BCUT2D eigenvalue weighted by atomic mass is 10.6. The summed E-state index contributed by atoms with van der Waals surface area (Å²) in [5.41, 5.74) is -1.07. The molecule has 0 N–H and O–H groups in total. The van der Waals surface area contributed by atoms with Crippen LogP contribution in [0.25, 0.3) is 0 Å². The average Bonchev–Trinajstić information content (AvgIpc) is 1.60. The standard InChI is InChI=1S/C5H7F4P/c1-10(2)4(6)3-5(7,8)9/h3H,1-2H3/b4-3+. The number of halogens is 4.